The lowest BCUT2D eigenvalue weighted by Crippen LogP contribution is -2.46. The summed E-state index contributed by atoms with van der Waals surface area (Å²) >= 11 is 0. The lowest BCUT2D eigenvalue weighted by Gasteiger charge is -2.27. The van der Waals surface area contributed by atoms with Crippen molar-refractivity contribution in [3.8, 4) is 0 Å². The van der Waals surface area contributed by atoms with E-state index < -0.39 is 36.3 Å². The SMILES string of the molecule is CN(C)C=Nc1ccn(C2O[C@H](CO)[C@H](O)C2(C)O)c(=O)n1. The molecular weight excluding hydrogens is 292 g/mol. The molecule has 1 saturated heterocycles. The minimum atomic E-state index is -1.73. The Morgan fingerprint density at radius 2 is 2.27 bits per heavy atom. The van der Waals surface area contributed by atoms with Gasteiger partial charge in [-0.25, -0.2) is 9.79 Å². The van der Waals surface area contributed by atoms with Gasteiger partial charge in [-0.3, -0.25) is 4.57 Å². The molecular formula is C13H20N4O5. The second-order valence-corrected chi connectivity index (χ2v) is 5.56. The molecule has 3 N–H and O–H groups in total. The number of hydrogen-bond donors (Lipinski definition) is 3. The molecule has 9 nitrogen and oxygen atoms in total. The molecule has 2 heterocycles. The fraction of sp³-hybridized carbons (Fsp3) is 0.615. The predicted octanol–water partition coefficient (Wildman–Crippen LogP) is -1.53. The fourth-order valence-corrected chi connectivity index (χ4v) is 2.22. The Hall–Kier alpha value is -1.81. The lowest BCUT2D eigenvalue weighted by molar-refractivity contribution is -0.0986. The molecule has 1 aromatic rings. The van der Waals surface area contributed by atoms with Crippen molar-refractivity contribution in [3.05, 3.63) is 22.7 Å². The van der Waals surface area contributed by atoms with E-state index in [1.54, 1.807) is 19.0 Å². The Morgan fingerprint density at radius 3 is 2.77 bits per heavy atom. The van der Waals surface area contributed by atoms with Crippen molar-refractivity contribution in [3.63, 3.8) is 0 Å². The van der Waals surface area contributed by atoms with Crippen LogP contribution >= 0.6 is 0 Å². The maximum Gasteiger partial charge on any atom is 0.351 e. The van der Waals surface area contributed by atoms with Crippen LogP contribution in [0.2, 0.25) is 0 Å². The molecule has 1 aliphatic rings. The topological polar surface area (TPSA) is 120 Å². The zero-order chi connectivity index (χ0) is 16.5. The van der Waals surface area contributed by atoms with Crippen molar-refractivity contribution in [2.75, 3.05) is 20.7 Å². The van der Waals surface area contributed by atoms with Crippen LogP contribution in [0.25, 0.3) is 0 Å². The Labute approximate surface area is 127 Å². The maximum atomic E-state index is 12.1. The largest absolute Gasteiger partial charge is 0.394 e. The summed E-state index contributed by atoms with van der Waals surface area (Å²) in [6, 6.07) is 1.49. The van der Waals surface area contributed by atoms with Gasteiger partial charge in [-0.15, -0.1) is 0 Å². The Morgan fingerprint density at radius 1 is 1.59 bits per heavy atom. The normalized spacial score (nSPS) is 31.8. The third-order valence-corrected chi connectivity index (χ3v) is 3.42. The van der Waals surface area contributed by atoms with Crippen LogP contribution in [0.15, 0.2) is 22.1 Å². The molecule has 0 bridgehead atoms. The van der Waals surface area contributed by atoms with Gasteiger partial charge < -0.3 is 25.0 Å². The third-order valence-electron chi connectivity index (χ3n) is 3.42. The van der Waals surface area contributed by atoms with Gasteiger partial charge in [-0.2, -0.15) is 4.98 Å². The first-order chi connectivity index (χ1) is 10.3. The van der Waals surface area contributed by atoms with Crippen molar-refractivity contribution in [2.24, 2.45) is 4.99 Å². The van der Waals surface area contributed by atoms with Crippen molar-refractivity contribution < 1.29 is 20.1 Å². The highest BCUT2D eigenvalue weighted by Gasteiger charge is 2.53. The number of rotatable bonds is 4. The Bertz CT molecular complexity index is 613. The van der Waals surface area contributed by atoms with Crippen LogP contribution in [0, 0.1) is 0 Å². The van der Waals surface area contributed by atoms with E-state index in [-0.39, 0.29) is 5.82 Å². The van der Waals surface area contributed by atoms with E-state index in [2.05, 4.69) is 9.98 Å². The van der Waals surface area contributed by atoms with Crippen LogP contribution in [0.4, 0.5) is 5.82 Å². The zero-order valence-corrected chi connectivity index (χ0v) is 12.6. The van der Waals surface area contributed by atoms with Gasteiger partial charge >= 0.3 is 5.69 Å². The van der Waals surface area contributed by atoms with Gasteiger partial charge in [0.05, 0.1) is 12.9 Å². The first kappa shape index (κ1) is 16.6. The minimum absolute atomic E-state index is 0.215. The molecule has 2 rings (SSSR count). The van der Waals surface area contributed by atoms with Crippen molar-refractivity contribution in [2.45, 2.75) is 31.0 Å². The van der Waals surface area contributed by atoms with Gasteiger partial charge in [0.25, 0.3) is 0 Å². The monoisotopic (exact) mass is 312 g/mol. The van der Waals surface area contributed by atoms with Crippen LogP contribution in [0.1, 0.15) is 13.2 Å². The van der Waals surface area contributed by atoms with Crippen molar-refractivity contribution >= 4 is 12.2 Å². The zero-order valence-electron chi connectivity index (χ0n) is 12.6. The molecule has 0 saturated carbocycles. The summed E-state index contributed by atoms with van der Waals surface area (Å²) in [6.07, 6.45) is -0.561. The smallest absolute Gasteiger partial charge is 0.351 e. The van der Waals surface area contributed by atoms with Gasteiger partial charge in [-0.05, 0) is 13.0 Å². The van der Waals surface area contributed by atoms with Gasteiger partial charge in [0.15, 0.2) is 12.0 Å². The number of aliphatic hydroxyl groups excluding tert-OH is 2. The number of ether oxygens (including phenoxy) is 1. The van der Waals surface area contributed by atoms with Crippen LogP contribution < -0.4 is 5.69 Å². The molecule has 0 radical (unpaired) electrons. The Kier molecular flexibility index (Phi) is 4.61. The van der Waals surface area contributed by atoms with Crippen LogP contribution in [-0.4, -0.2) is 74.6 Å². The van der Waals surface area contributed by atoms with Crippen molar-refractivity contribution in [1.82, 2.24) is 14.5 Å². The van der Waals surface area contributed by atoms with E-state index >= 15 is 0 Å². The first-order valence-corrected chi connectivity index (χ1v) is 6.74. The third kappa shape index (κ3) is 3.02. The molecule has 2 unspecified atom stereocenters. The number of aliphatic imine (C=N–C) groups is 1. The van der Waals surface area contributed by atoms with E-state index in [1.807, 2.05) is 0 Å². The molecule has 122 valence electrons. The summed E-state index contributed by atoms with van der Waals surface area (Å²) in [5.41, 5.74) is -2.41. The average Bonchev–Trinajstić information content (AvgIpc) is 2.68. The van der Waals surface area contributed by atoms with Gasteiger partial charge in [0, 0.05) is 20.3 Å². The summed E-state index contributed by atoms with van der Waals surface area (Å²) in [6.45, 7) is 0.865. The van der Waals surface area contributed by atoms with Gasteiger partial charge in [0.2, 0.25) is 0 Å². The molecule has 4 atom stereocenters. The van der Waals surface area contributed by atoms with E-state index in [0.29, 0.717) is 0 Å². The number of aromatic nitrogens is 2. The second kappa shape index (κ2) is 6.13. The van der Waals surface area contributed by atoms with Gasteiger partial charge in [-0.1, -0.05) is 0 Å². The van der Waals surface area contributed by atoms with E-state index in [4.69, 9.17) is 9.84 Å². The quantitative estimate of drug-likeness (QED) is 0.455. The van der Waals surface area contributed by atoms with Crippen LogP contribution in [-0.2, 0) is 4.74 Å². The summed E-state index contributed by atoms with van der Waals surface area (Å²) in [4.78, 5) is 21.6. The molecule has 0 amide bonds. The summed E-state index contributed by atoms with van der Waals surface area (Å²) in [7, 11) is 3.56. The first-order valence-electron chi connectivity index (χ1n) is 6.74. The second-order valence-electron chi connectivity index (χ2n) is 5.56. The lowest BCUT2D eigenvalue weighted by atomic mass is 9.96. The maximum absolute atomic E-state index is 12.1. The molecule has 1 fully saturated rings. The van der Waals surface area contributed by atoms with Crippen LogP contribution in [0.3, 0.4) is 0 Å². The highest BCUT2D eigenvalue weighted by Crippen LogP contribution is 2.37. The molecule has 0 spiro atoms. The number of aliphatic hydroxyl groups is 3. The highest BCUT2D eigenvalue weighted by atomic mass is 16.6. The summed E-state index contributed by atoms with van der Waals surface area (Å²) < 4.78 is 6.43. The molecule has 9 heteroatoms. The predicted molar refractivity (Wildman–Crippen MR) is 78.0 cm³/mol. The van der Waals surface area contributed by atoms with Crippen LogP contribution in [0.5, 0.6) is 0 Å². The summed E-state index contributed by atoms with van der Waals surface area (Å²) in [5.74, 6) is 0.215. The van der Waals surface area contributed by atoms with Crippen molar-refractivity contribution in [1.29, 1.82) is 0 Å². The van der Waals surface area contributed by atoms with E-state index in [9.17, 15) is 15.0 Å². The molecule has 1 aliphatic heterocycles. The number of nitrogens with zero attached hydrogens (tertiary/aromatic N) is 4. The molecule has 0 aromatic carbocycles. The van der Waals surface area contributed by atoms with Gasteiger partial charge in [0.1, 0.15) is 17.8 Å². The Balaban J connectivity index is 2.32. The van der Waals surface area contributed by atoms with E-state index in [1.165, 1.54) is 25.5 Å². The molecule has 22 heavy (non-hydrogen) atoms. The fourth-order valence-electron chi connectivity index (χ4n) is 2.22. The van der Waals surface area contributed by atoms with E-state index in [0.717, 1.165) is 4.57 Å². The standard InChI is InChI=1S/C13H20N4O5/c1-13(21)10(19)8(6-18)22-11(13)17-5-4-9(15-12(17)20)14-7-16(2)3/h4-5,7-8,10-11,18-19,21H,6H2,1-3H3/t8-,10+,11?,13?/m1/s1. The summed E-state index contributed by atoms with van der Waals surface area (Å²) in [5, 5.41) is 29.4. The average molecular weight is 312 g/mol. The molecule has 1 aromatic heterocycles. The molecule has 0 aliphatic carbocycles. The highest BCUT2D eigenvalue weighted by molar-refractivity contribution is 5.58. The number of hydrogen-bond acceptors (Lipinski definition) is 7. The minimum Gasteiger partial charge on any atom is -0.394 e.